The summed E-state index contributed by atoms with van der Waals surface area (Å²) in [6, 6.07) is -0.179. The summed E-state index contributed by atoms with van der Waals surface area (Å²) in [4.78, 5) is 21.4. The first kappa shape index (κ1) is 15.6. The van der Waals surface area contributed by atoms with Gasteiger partial charge in [0.05, 0.1) is 6.04 Å². The van der Waals surface area contributed by atoms with Crippen LogP contribution in [0.5, 0.6) is 0 Å². The molecule has 2 amide bonds. The van der Waals surface area contributed by atoms with Gasteiger partial charge in [0, 0.05) is 18.5 Å². The van der Waals surface area contributed by atoms with E-state index in [1.807, 2.05) is 5.38 Å². The van der Waals surface area contributed by atoms with Crippen LogP contribution >= 0.6 is 11.3 Å². The quantitative estimate of drug-likeness (QED) is 0.867. The number of urea groups is 1. The van der Waals surface area contributed by atoms with Gasteiger partial charge in [-0.25, -0.2) is 9.78 Å². The number of carbonyl (C=O) groups excluding carboxylic acids is 1. The van der Waals surface area contributed by atoms with Crippen molar-refractivity contribution in [3.05, 3.63) is 28.3 Å². The highest BCUT2D eigenvalue weighted by Crippen LogP contribution is 2.42. The zero-order chi connectivity index (χ0) is 16.6. The van der Waals surface area contributed by atoms with Gasteiger partial charge in [-0.05, 0) is 31.6 Å². The maximum atomic E-state index is 12.7. The molecule has 128 valence electrons. The van der Waals surface area contributed by atoms with E-state index in [0.717, 1.165) is 43.5 Å². The number of nitrogens with one attached hydrogen (secondary N) is 2. The van der Waals surface area contributed by atoms with Crippen molar-refractivity contribution in [1.82, 2.24) is 25.8 Å². The Labute approximate surface area is 144 Å². The van der Waals surface area contributed by atoms with E-state index in [0.29, 0.717) is 17.6 Å². The molecule has 0 aliphatic heterocycles. The van der Waals surface area contributed by atoms with Crippen LogP contribution in [-0.2, 0) is 5.54 Å². The number of amides is 2. The van der Waals surface area contributed by atoms with Crippen LogP contribution in [0, 0.1) is 12.8 Å². The van der Waals surface area contributed by atoms with Crippen LogP contribution in [0.3, 0.4) is 0 Å². The molecule has 1 atom stereocenters. The molecule has 0 bridgehead atoms. The normalized spacial score (nSPS) is 20.7. The second-order valence-electron chi connectivity index (χ2n) is 6.71. The van der Waals surface area contributed by atoms with Crippen LogP contribution < -0.4 is 10.6 Å². The van der Waals surface area contributed by atoms with E-state index in [-0.39, 0.29) is 12.1 Å². The third-order valence-corrected chi connectivity index (χ3v) is 5.72. The lowest BCUT2D eigenvalue weighted by Gasteiger charge is -2.28. The molecular weight excluding hydrogens is 326 g/mol. The number of rotatable bonds is 5. The van der Waals surface area contributed by atoms with Crippen LogP contribution in [0.4, 0.5) is 4.79 Å². The number of hydrogen-bond acceptors (Lipinski definition) is 6. The van der Waals surface area contributed by atoms with Crippen LogP contribution in [0.2, 0.25) is 0 Å². The lowest BCUT2D eigenvalue weighted by atomic mass is 9.97. The summed E-state index contributed by atoms with van der Waals surface area (Å²) in [6.45, 7) is 1.77. The van der Waals surface area contributed by atoms with Crippen molar-refractivity contribution in [2.75, 3.05) is 0 Å². The van der Waals surface area contributed by atoms with Gasteiger partial charge in [-0.15, -0.1) is 11.3 Å². The highest BCUT2D eigenvalue weighted by molar-refractivity contribution is 7.09. The van der Waals surface area contributed by atoms with E-state index in [4.69, 9.17) is 4.52 Å². The van der Waals surface area contributed by atoms with Gasteiger partial charge >= 0.3 is 6.03 Å². The maximum Gasteiger partial charge on any atom is 0.316 e. The Kier molecular flexibility index (Phi) is 3.99. The molecule has 24 heavy (non-hydrogen) atoms. The Morgan fingerprint density at radius 1 is 1.42 bits per heavy atom. The van der Waals surface area contributed by atoms with Gasteiger partial charge in [-0.3, -0.25) is 0 Å². The van der Waals surface area contributed by atoms with Crippen molar-refractivity contribution >= 4 is 17.4 Å². The SMILES string of the molecule is Cc1nc(C2(NC(=O)NC(c3nccs3)C3CC3)CCCC2)no1. The highest BCUT2D eigenvalue weighted by atomic mass is 32.1. The fourth-order valence-electron chi connectivity index (χ4n) is 3.47. The molecule has 2 N–H and O–H groups in total. The van der Waals surface area contributed by atoms with Gasteiger partial charge in [-0.1, -0.05) is 18.0 Å². The van der Waals surface area contributed by atoms with Gasteiger partial charge in [0.25, 0.3) is 0 Å². The standard InChI is InChI=1S/C16H21N5O2S/c1-10-18-14(21-23-10)16(6-2-3-7-16)20-15(22)19-12(11-4-5-11)13-17-8-9-24-13/h8-9,11-12H,2-7H2,1H3,(H2,19,20,22). The van der Waals surface area contributed by atoms with Crippen molar-refractivity contribution in [2.45, 2.75) is 57.0 Å². The summed E-state index contributed by atoms with van der Waals surface area (Å²) >= 11 is 1.59. The van der Waals surface area contributed by atoms with Crippen LogP contribution in [-0.4, -0.2) is 21.2 Å². The van der Waals surface area contributed by atoms with Crippen molar-refractivity contribution in [3.63, 3.8) is 0 Å². The number of hydrogen-bond donors (Lipinski definition) is 2. The van der Waals surface area contributed by atoms with Gasteiger partial charge in [0.1, 0.15) is 10.5 Å². The van der Waals surface area contributed by atoms with E-state index >= 15 is 0 Å². The van der Waals surface area contributed by atoms with Gasteiger partial charge in [-0.2, -0.15) is 4.98 Å². The molecular formula is C16H21N5O2S. The Morgan fingerprint density at radius 2 is 2.21 bits per heavy atom. The minimum atomic E-state index is -0.515. The molecule has 2 aromatic heterocycles. The van der Waals surface area contributed by atoms with Crippen molar-refractivity contribution in [2.24, 2.45) is 5.92 Å². The number of aromatic nitrogens is 3. The summed E-state index contributed by atoms with van der Waals surface area (Å²) < 4.78 is 5.13. The molecule has 2 aromatic rings. The molecule has 1 unspecified atom stereocenters. The summed E-state index contributed by atoms with van der Waals surface area (Å²) in [5.74, 6) is 1.61. The van der Waals surface area contributed by atoms with E-state index < -0.39 is 5.54 Å². The zero-order valence-corrected chi connectivity index (χ0v) is 14.4. The topological polar surface area (TPSA) is 92.9 Å². The largest absolute Gasteiger partial charge is 0.340 e. The molecule has 4 rings (SSSR count). The molecule has 0 saturated heterocycles. The lowest BCUT2D eigenvalue weighted by molar-refractivity contribution is 0.215. The summed E-state index contributed by atoms with van der Waals surface area (Å²) in [5, 5.41) is 13.2. The predicted molar refractivity (Wildman–Crippen MR) is 88.4 cm³/mol. The number of aryl methyl sites for hydroxylation is 1. The van der Waals surface area contributed by atoms with E-state index in [2.05, 4.69) is 25.8 Å². The molecule has 0 spiro atoms. The average molecular weight is 347 g/mol. The van der Waals surface area contributed by atoms with Crippen LogP contribution in [0.15, 0.2) is 16.1 Å². The van der Waals surface area contributed by atoms with Crippen LogP contribution in [0.25, 0.3) is 0 Å². The minimum Gasteiger partial charge on any atom is -0.340 e. The fourth-order valence-corrected chi connectivity index (χ4v) is 4.25. The summed E-state index contributed by atoms with van der Waals surface area (Å²) in [5.41, 5.74) is -0.515. The van der Waals surface area contributed by atoms with Crippen LogP contribution in [0.1, 0.15) is 61.3 Å². The first-order valence-electron chi connectivity index (χ1n) is 8.45. The van der Waals surface area contributed by atoms with Gasteiger partial charge < -0.3 is 15.2 Å². The van der Waals surface area contributed by atoms with Gasteiger partial charge in [0.15, 0.2) is 5.82 Å². The van der Waals surface area contributed by atoms with E-state index in [9.17, 15) is 4.79 Å². The van der Waals surface area contributed by atoms with Crippen molar-refractivity contribution in [1.29, 1.82) is 0 Å². The first-order chi connectivity index (χ1) is 11.7. The number of thiazole rings is 1. The van der Waals surface area contributed by atoms with Gasteiger partial charge in [0.2, 0.25) is 5.89 Å². The fraction of sp³-hybridized carbons (Fsp3) is 0.625. The van der Waals surface area contributed by atoms with Crippen molar-refractivity contribution in [3.8, 4) is 0 Å². The van der Waals surface area contributed by atoms with E-state index in [1.165, 1.54) is 0 Å². The maximum absolute atomic E-state index is 12.7. The minimum absolute atomic E-state index is 0.00421. The molecule has 2 aliphatic rings. The predicted octanol–water partition coefficient (Wildman–Crippen LogP) is 3.05. The molecule has 2 aliphatic carbocycles. The monoisotopic (exact) mass is 347 g/mol. The summed E-state index contributed by atoms with van der Waals surface area (Å²) in [6.07, 6.45) is 7.84. The Morgan fingerprint density at radius 3 is 2.79 bits per heavy atom. The molecule has 8 heteroatoms. The lowest BCUT2D eigenvalue weighted by Crippen LogP contribution is -2.50. The average Bonchev–Trinajstić information content (AvgIpc) is 2.97. The third-order valence-electron chi connectivity index (χ3n) is 4.86. The van der Waals surface area contributed by atoms with Crippen molar-refractivity contribution < 1.29 is 9.32 Å². The molecule has 0 radical (unpaired) electrons. The molecule has 2 saturated carbocycles. The Bertz CT molecular complexity index is 704. The Hall–Kier alpha value is -1.96. The van der Waals surface area contributed by atoms with E-state index in [1.54, 1.807) is 24.5 Å². The third kappa shape index (κ3) is 3.02. The smallest absolute Gasteiger partial charge is 0.316 e. The summed E-state index contributed by atoms with van der Waals surface area (Å²) in [7, 11) is 0. The molecule has 7 nitrogen and oxygen atoms in total. The highest BCUT2D eigenvalue weighted by Gasteiger charge is 2.42. The number of nitrogens with zero attached hydrogens (tertiary/aromatic N) is 3. The number of carbonyl (C=O) groups is 1. The zero-order valence-electron chi connectivity index (χ0n) is 13.6. The molecule has 2 fully saturated rings. The first-order valence-corrected chi connectivity index (χ1v) is 9.33. The second kappa shape index (κ2) is 6.16. The Balaban J connectivity index is 1.49. The molecule has 0 aromatic carbocycles. The molecule has 2 heterocycles. The second-order valence-corrected chi connectivity index (χ2v) is 7.64.